The van der Waals surface area contributed by atoms with E-state index in [1.807, 2.05) is 0 Å². The van der Waals surface area contributed by atoms with Crippen molar-refractivity contribution in [3.63, 3.8) is 0 Å². The summed E-state index contributed by atoms with van der Waals surface area (Å²) in [5.41, 5.74) is 0. The van der Waals surface area contributed by atoms with Gasteiger partial charge in [-0.2, -0.15) is 8.42 Å². The molecule has 0 spiro atoms. The van der Waals surface area contributed by atoms with E-state index >= 15 is 0 Å². The van der Waals surface area contributed by atoms with Crippen LogP contribution in [-0.4, -0.2) is 179 Å². The average molecular weight is 1110 g/mol. The van der Waals surface area contributed by atoms with Crippen LogP contribution in [0.25, 0.3) is 0 Å². The molecule has 0 aromatic carbocycles. The monoisotopic (exact) mass is 1110 g/mol. The molecule has 10 aliphatic rings. The number of hydrogen-bond donors (Lipinski definition) is 0. The lowest BCUT2D eigenvalue weighted by Crippen LogP contribution is -2.41. The summed E-state index contributed by atoms with van der Waals surface area (Å²) in [5, 5.41) is -0.541. The Labute approximate surface area is 406 Å². The number of hydrogen-bond acceptors (Lipinski definition) is 28. The van der Waals surface area contributed by atoms with E-state index in [2.05, 4.69) is 0 Å². The van der Waals surface area contributed by atoms with Crippen molar-refractivity contribution in [3.05, 3.63) is 0 Å². The van der Waals surface area contributed by atoms with Gasteiger partial charge in [0, 0.05) is 23.7 Å². The van der Waals surface area contributed by atoms with Crippen molar-refractivity contribution < 1.29 is 126 Å². The summed E-state index contributed by atoms with van der Waals surface area (Å²) in [6.07, 6.45) is 4.50. The molecule has 0 amide bonds. The predicted octanol–water partition coefficient (Wildman–Crippen LogP) is -3.05. The molecular weight excluding hydrogens is 1060 g/mol. The quantitative estimate of drug-likeness (QED) is 0.0811. The molecule has 402 valence electrons. The van der Waals surface area contributed by atoms with Gasteiger partial charge in [0.25, 0.3) is 10.1 Å². The van der Waals surface area contributed by atoms with Gasteiger partial charge in [-0.25, -0.2) is 33.7 Å². The second kappa shape index (κ2) is 20.9. The molecule has 5 aliphatic heterocycles. The largest absolute Gasteiger partial charge is 0.748 e. The Hall–Kier alpha value is -3.67. The van der Waals surface area contributed by atoms with Gasteiger partial charge in [-0.1, -0.05) is 19.3 Å². The Bertz CT molecular complexity index is 2590. The molecule has 10 rings (SSSR count). The molecule has 28 nitrogen and oxygen atoms in total. The molecule has 0 aromatic rings. The maximum absolute atomic E-state index is 11.6. The molecule has 5 heterocycles. The number of ether oxygens (including phenoxy) is 7. The Morgan fingerprint density at radius 1 is 0.507 bits per heavy atom. The minimum atomic E-state index is -4.70. The van der Waals surface area contributed by atoms with E-state index in [0.29, 0.717) is 25.7 Å². The van der Waals surface area contributed by atoms with Crippen molar-refractivity contribution in [2.45, 2.75) is 137 Å². The molecule has 15 atom stereocenters. The van der Waals surface area contributed by atoms with E-state index in [0.717, 1.165) is 44.9 Å². The van der Waals surface area contributed by atoms with Crippen LogP contribution in [0.2, 0.25) is 0 Å². The maximum atomic E-state index is 11.6. The highest BCUT2D eigenvalue weighted by Gasteiger charge is 2.67. The van der Waals surface area contributed by atoms with E-state index in [9.17, 15) is 89.1 Å². The first-order chi connectivity index (χ1) is 32.8. The second-order valence-electron chi connectivity index (χ2n) is 18.9. The summed E-state index contributed by atoms with van der Waals surface area (Å²) >= 11 is 0. The fourth-order valence-electron chi connectivity index (χ4n) is 11.4. The molecule has 33 heteroatoms. The van der Waals surface area contributed by atoms with Gasteiger partial charge < -0.3 is 51.4 Å². The normalized spacial score (nSPS) is 36.6. The SMILES string of the molecule is O=C(CS(=O)(=O)[O-])OC1C2CC3C(=O)OC1C3C2.O=C(CS(=O)(=O)[O-])OC1C2CC3C(=O)OC1C3O2.O=C(CS(=O)(=O)[O-])OC1C2CC3C1OS(=O)(=O)C3C2.O=C(CS(=O)(=O)[O-])OC1CCCCCCC1. The molecule has 0 aromatic heterocycles. The van der Waals surface area contributed by atoms with Gasteiger partial charge in [0.2, 0.25) is 0 Å². The summed E-state index contributed by atoms with van der Waals surface area (Å²) < 4.78 is 189. The van der Waals surface area contributed by atoms with E-state index in [4.69, 9.17) is 37.3 Å². The number of carbonyl (C=O) groups excluding carboxylic acids is 6. The van der Waals surface area contributed by atoms with Crippen molar-refractivity contribution in [3.8, 4) is 0 Å². The van der Waals surface area contributed by atoms with Crippen molar-refractivity contribution in [2.75, 3.05) is 23.0 Å². The third-order valence-corrected chi connectivity index (χ3v) is 18.1. The predicted molar refractivity (Wildman–Crippen MR) is 220 cm³/mol. The van der Waals surface area contributed by atoms with Crippen LogP contribution < -0.4 is 0 Å². The molecule has 5 aliphatic carbocycles. The van der Waals surface area contributed by atoms with Crippen LogP contribution in [0, 0.1) is 35.5 Å². The minimum absolute atomic E-state index is 0.0368. The van der Waals surface area contributed by atoms with Crippen LogP contribution in [0.4, 0.5) is 0 Å². The van der Waals surface area contributed by atoms with E-state index in [1.165, 1.54) is 6.42 Å². The Morgan fingerprint density at radius 2 is 0.944 bits per heavy atom. The first kappa shape index (κ1) is 55.1. The third-order valence-electron chi connectivity index (χ3n) is 13.9. The third kappa shape index (κ3) is 13.7. The highest BCUT2D eigenvalue weighted by molar-refractivity contribution is 7.88. The first-order valence-electron chi connectivity index (χ1n) is 22.4. The van der Waals surface area contributed by atoms with Gasteiger partial charge in [-0.15, -0.1) is 0 Å². The molecule has 6 bridgehead atoms. The lowest BCUT2D eigenvalue weighted by atomic mass is 9.88. The van der Waals surface area contributed by atoms with Crippen molar-refractivity contribution >= 4 is 86.4 Å². The average Bonchev–Trinajstić information content (AvgIpc) is 4.06. The lowest BCUT2D eigenvalue weighted by Gasteiger charge is -2.25. The topological polar surface area (TPSA) is 439 Å². The Morgan fingerprint density at radius 3 is 1.48 bits per heavy atom. The van der Waals surface area contributed by atoms with Crippen LogP contribution >= 0.6 is 0 Å². The van der Waals surface area contributed by atoms with Crippen LogP contribution in [0.15, 0.2) is 0 Å². The highest BCUT2D eigenvalue weighted by Crippen LogP contribution is 2.56. The number of fused-ring (bicyclic) bond motifs is 3. The molecule has 15 unspecified atom stereocenters. The van der Waals surface area contributed by atoms with E-state index in [1.54, 1.807) is 0 Å². The zero-order chi connectivity index (χ0) is 52.2. The van der Waals surface area contributed by atoms with Crippen molar-refractivity contribution in [1.29, 1.82) is 0 Å². The number of rotatable bonds is 12. The summed E-state index contributed by atoms with van der Waals surface area (Å²) in [4.78, 5) is 67.8. The standard InChI is InChI=1S/C10H12O7S.C10H18O5S.C9H12O8S2.C9H10O8S/c11-7(3-18(13,14)15)16-8-4-1-5-6(2-4)10(12)17-9(5)8;11-10(8-16(12,13)14)15-9-6-4-2-1-3-5-7-9;10-7(3-18(11,12)13)16-8-4-1-5-6(2-4)19(14,15)17-9(5)8;10-5(2-18(12,13)14)16-7-4-1-3-6(15-4)8(7)17-9(3)11/h4-6,8-9H,1-3H2,(H,13,14,15);9H,1-8H2,(H,12,13,14);4-6,8-9H,1-3H2,(H,11,12,13);3-4,6-8H,1-2H2,(H,12,13,14)/p-4. The van der Waals surface area contributed by atoms with Gasteiger partial charge in [-0.3, -0.25) is 33.0 Å². The summed E-state index contributed by atoms with van der Waals surface area (Å²) in [6.45, 7) is 0. The fourth-order valence-corrected chi connectivity index (χ4v) is 14.7. The van der Waals surface area contributed by atoms with Gasteiger partial charge in [0.15, 0.2) is 12.2 Å². The van der Waals surface area contributed by atoms with Crippen molar-refractivity contribution in [2.24, 2.45) is 35.5 Å². The van der Waals surface area contributed by atoms with Gasteiger partial charge in [-0.05, 0) is 57.8 Å². The summed E-state index contributed by atoms with van der Waals surface area (Å²) in [6, 6.07) is 0. The van der Waals surface area contributed by atoms with Crippen molar-refractivity contribution in [1.82, 2.24) is 0 Å². The van der Waals surface area contributed by atoms with E-state index in [-0.39, 0.29) is 53.6 Å². The molecule has 0 N–H and O–H groups in total. The minimum Gasteiger partial charge on any atom is -0.748 e. The molecule has 5 saturated heterocycles. The number of esters is 6. The summed E-state index contributed by atoms with van der Waals surface area (Å²) in [5.74, 6) is -10.3. The second-order valence-corrected chi connectivity index (χ2v) is 26.3. The zero-order valence-electron chi connectivity index (χ0n) is 37.0. The molecule has 71 heavy (non-hydrogen) atoms. The highest BCUT2D eigenvalue weighted by atomic mass is 32.2. The lowest BCUT2D eigenvalue weighted by molar-refractivity contribution is -0.159. The Balaban J connectivity index is 0.000000140. The van der Waals surface area contributed by atoms with Gasteiger partial charge in [0.1, 0.15) is 100 Å². The maximum Gasteiger partial charge on any atom is 0.320 e. The van der Waals surface area contributed by atoms with Crippen LogP contribution in [-0.2, 0) is 117 Å². The molecule has 5 saturated carbocycles. The smallest absolute Gasteiger partial charge is 0.320 e. The molecule has 0 radical (unpaired) electrons. The van der Waals surface area contributed by atoms with Crippen LogP contribution in [0.5, 0.6) is 0 Å². The first-order valence-corrected chi connectivity index (χ1v) is 30.1. The Kier molecular flexibility index (Phi) is 16.2. The number of carbonyl (C=O) groups is 6. The summed E-state index contributed by atoms with van der Waals surface area (Å²) in [7, 11) is -22.1. The van der Waals surface area contributed by atoms with Crippen LogP contribution in [0.3, 0.4) is 0 Å². The van der Waals surface area contributed by atoms with Crippen LogP contribution in [0.1, 0.15) is 77.0 Å². The fraction of sp³-hybridized carbons (Fsp3) is 0.842. The zero-order valence-corrected chi connectivity index (χ0v) is 41.1. The molecular formula is C38H48O28S5-4. The molecule has 10 fully saturated rings. The van der Waals surface area contributed by atoms with Gasteiger partial charge >= 0.3 is 35.8 Å². The van der Waals surface area contributed by atoms with Gasteiger partial charge in [0.05, 0.1) is 23.2 Å². The van der Waals surface area contributed by atoms with E-state index < -0.39 is 152 Å².